The fourth-order valence-corrected chi connectivity index (χ4v) is 2.62. The summed E-state index contributed by atoms with van der Waals surface area (Å²) in [6.45, 7) is 4.35. The number of amides is 1. The maximum absolute atomic E-state index is 11.8. The quantitative estimate of drug-likeness (QED) is 0.657. The van der Waals surface area contributed by atoms with E-state index in [2.05, 4.69) is 28.8 Å². The Balaban J connectivity index is 1.80. The van der Waals surface area contributed by atoms with Gasteiger partial charge in [-0.05, 0) is 51.2 Å². The number of rotatable bonds is 4. The van der Waals surface area contributed by atoms with Gasteiger partial charge in [-0.1, -0.05) is 30.5 Å². The highest BCUT2D eigenvalue weighted by Gasteiger charge is 2.07. The fraction of sp³-hybridized carbons (Fsp3) is 0.529. The Kier molecular flexibility index (Phi) is 5.78. The number of hydrogen-bond donors (Lipinski definition) is 2. The van der Waals surface area contributed by atoms with Crippen molar-refractivity contribution in [3.05, 3.63) is 29.3 Å². The summed E-state index contributed by atoms with van der Waals surface area (Å²) in [4.78, 5) is 11.8. The molecule has 2 rings (SSSR count). The van der Waals surface area contributed by atoms with Crippen LogP contribution in [0.1, 0.15) is 49.7 Å². The van der Waals surface area contributed by atoms with E-state index in [1.165, 1.54) is 31.2 Å². The third kappa shape index (κ3) is 5.21. The molecule has 1 aromatic carbocycles. The molecule has 1 fully saturated rings. The number of benzene rings is 1. The number of carbonyl (C=O) groups excluding carboxylic acids is 1. The number of hydrazone groups is 1. The van der Waals surface area contributed by atoms with Crippen molar-refractivity contribution < 1.29 is 4.79 Å². The molecule has 0 aromatic heterocycles. The van der Waals surface area contributed by atoms with Gasteiger partial charge in [0.25, 0.3) is 5.91 Å². The SMILES string of the molecule is Cc1ccc(NCC(=O)NN=C2CCCCCC2)c(C)c1. The van der Waals surface area contributed by atoms with Gasteiger partial charge in [0.05, 0.1) is 6.54 Å². The molecule has 0 saturated heterocycles. The van der Waals surface area contributed by atoms with Gasteiger partial charge < -0.3 is 5.32 Å². The van der Waals surface area contributed by atoms with Crippen molar-refractivity contribution in [2.45, 2.75) is 52.4 Å². The largest absolute Gasteiger partial charge is 0.376 e. The van der Waals surface area contributed by atoms with E-state index in [0.29, 0.717) is 0 Å². The second-order valence-corrected chi connectivity index (χ2v) is 5.80. The molecule has 0 atom stereocenters. The Morgan fingerprint density at radius 2 is 1.86 bits per heavy atom. The number of anilines is 1. The van der Waals surface area contributed by atoms with Gasteiger partial charge in [0, 0.05) is 11.4 Å². The van der Waals surface area contributed by atoms with Crippen LogP contribution in [0.15, 0.2) is 23.3 Å². The number of carbonyl (C=O) groups is 1. The lowest BCUT2D eigenvalue weighted by Gasteiger charge is -2.09. The van der Waals surface area contributed by atoms with Crippen LogP contribution in [0.4, 0.5) is 5.69 Å². The minimum atomic E-state index is -0.0910. The summed E-state index contributed by atoms with van der Waals surface area (Å²) >= 11 is 0. The molecule has 2 N–H and O–H groups in total. The van der Waals surface area contributed by atoms with E-state index in [4.69, 9.17) is 0 Å². The number of nitrogens with one attached hydrogen (secondary N) is 2. The third-order valence-corrected chi connectivity index (χ3v) is 3.84. The number of nitrogens with zero attached hydrogens (tertiary/aromatic N) is 1. The molecule has 0 radical (unpaired) electrons. The van der Waals surface area contributed by atoms with Crippen LogP contribution in [0.5, 0.6) is 0 Å². The van der Waals surface area contributed by atoms with Crippen molar-refractivity contribution in [3.8, 4) is 0 Å². The van der Waals surface area contributed by atoms with Crippen LogP contribution >= 0.6 is 0 Å². The van der Waals surface area contributed by atoms with Gasteiger partial charge in [-0.25, -0.2) is 5.43 Å². The van der Waals surface area contributed by atoms with Gasteiger partial charge in [0.15, 0.2) is 0 Å². The van der Waals surface area contributed by atoms with Gasteiger partial charge in [0.2, 0.25) is 0 Å². The summed E-state index contributed by atoms with van der Waals surface area (Å²) in [5.74, 6) is -0.0910. The van der Waals surface area contributed by atoms with E-state index in [1.807, 2.05) is 19.1 Å². The predicted molar refractivity (Wildman–Crippen MR) is 87.7 cm³/mol. The summed E-state index contributed by atoms with van der Waals surface area (Å²) in [5, 5.41) is 7.43. The highest BCUT2D eigenvalue weighted by molar-refractivity contribution is 5.87. The molecule has 1 aliphatic rings. The Hall–Kier alpha value is -1.84. The molecule has 1 aromatic rings. The molecule has 4 nitrogen and oxygen atoms in total. The lowest BCUT2D eigenvalue weighted by molar-refractivity contribution is -0.119. The molecule has 0 unspecified atom stereocenters. The van der Waals surface area contributed by atoms with Crippen LogP contribution in [-0.4, -0.2) is 18.2 Å². The van der Waals surface area contributed by atoms with Crippen LogP contribution < -0.4 is 10.7 Å². The molecule has 4 heteroatoms. The molecule has 1 amide bonds. The number of hydrogen-bond acceptors (Lipinski definition) is 3. The van der Waals surface area contributed by atoms with Gasteiger partial charge in [-0.3, -0.25) is 4.79 Å². The van der Waals surface area contributed by atoms with Crippen molar-refractivity contribution in [2.24, 2.45) is 5.10 Å². The Labute approximate surface area is 127 Å². The first-order valence-corrected chi connectivity index (χ1v) is 7.80. The molecule has 1 aliphatic carbocycles. The van der Waals surface area contributed by atoms with Crippen molar-refractivity contribution in [2.75, 3.05) is 11.9 Å². The minimum absolute atomic E-state index is 0.0910. The molecule has 1 saturated carbocycles. The van der Waals surface area contributed by atoms with Gasteiger partial charge in [0.1, 0.15) is 0 Å². The van der Waals surface area contributed by atoms with E-state index >= 15 is 0 Å². The molecule has 0 heterocycles. The van der Waals surface area contributed by atoms with E-state index < -0.39 is 0 Å². The van der Waals surface area contributed by atoms with Gasteiger partial charge in [-0.15, -0.1) is 0 Å². The summed E-state index contributed by atoms with van der Waals surface area (Å²) < 4.78 is 0. The van der Waals surface area contributed by atoms with Crippen molar-refractivity contribution in [3.63, 3.8) is 0 Å². The standard InChI is InChI=1S/C17H25N3O/c1-13-9-10-16(14(2)11-13)18-12-17(21)20-19-15-7-5-3-4-6-8-15/h9-11,18H,3-8,12H2,1-2H3,(H,20,21). The normalized spacial score (nSPS) is 15.2. The lowest BCUT2D eigenvalue weighted by atomic mass is 10.1. The van der Waals surface area contributed by atoms with E-state index in [-0.39, 0.29) is 12.5 Å². The maximum atomic E-state index is 11.8. The average Bonchev–Trinajstić information content (AvgIpc) is 2.73. The Morgan fingerprint density at radius 3 is 2.52 bits per heavy atom. The second-order valence-electron chi connectivity index (χ2n) is 5.80. The lowest BCUT2D eigenvalue weighted by Crippen LogP contribution is -2.27. The maximum Gasteiger partial charge on any atom is 0.259 e. The van der Waals surface area contributed by atoms with Crippen LogP contribution in [0.25, 0.3) is 0 Å². The second kappa shape index (κ2) is 7.81. The minimum Gasteiger partial charge on any atom is -0.376 e. The van der Waals surface area contributed by atoms with Crippen LogP contribution in [-0.2, 0) is 4.79 Å². The summed E-state index contributed by atoms with van der Waals surface area (Å²) in [6.07, 6.45) is 6.98. The van der Waals surface area contributed by atoms with Gasteiger partial charge in [-0.2, -0.15) is 5.10 Å². The van der Waals surface area contributed by atoms with Gasteiger partial charge >= 0.3 is 0 Å². The molecule has 0 bridgehead atoms. The monoisotopic (exact) mass is 287 g/mol. The third-order valence-electron chi connectivity index (χ3n) is 3.84. The molecular weight excluding hydrogens is 262 g/mol. The summed E-state index contributed by atoms with van der Waals surface area (Å²) in [7, 11) is 0. The van der Waals surface area contributed by atoms with E-state index in [9.17, 15) is 4.79 Å². The van der Waals surface area contributed by atoms with Crippen molar-refractivity contribution in [1.29, 1.82) is 0 Å². The predicted octanol–water partition coefficient (Wildman–Crippen LogP) is 3.54. The zero-order valence-corrected chi connectivity index (χ0v) is 13.0. The first-order chi connectivity index (χ1) is 10.1. The topological polar surface area (TPSA) is 53.5 Å². The molecule has 21 heavy (non-hydrogen) atoms. The van der Waals surface area contributed by atoms with Crippen LogP contribution in [0.2, 0.25) is 0 Å². The zero-order chi connectivity index (χ0) is 15.1. The Bertz CT molecular complexity index is 513. The molecule has 114 valence electrons. The first-order valence-electron chi connectivity index (χ1n) is 7.80. The molecule has 0 aliphatic heterocycles. The van der Waals surface area contributed by atoms with Crippen LogP contribution in [0, 0.1) is 13.8 Å². The molecular formula is C17H25N3O. The van der Waals surface area contributed by atoms with Crippen molar-refractivity contribution >= 4 is 17.3 Å². The number of aryl methyl sites for hydroxylation is 2. The highest BCUT2D eigenvalue weighted by atomic mass is 16.2. The van der Waals surface area contributed by atoms with E-state index in [0.717, 1.165) is 29.8 Å². The molecule has 0 spiro atoms. The summed E-state index contributed by atoms with van der Waals surface area (Å²) in [5.41, 5.74) is 7.17. The summed E-state index contributed by atoms with van der Waals surface area (Å²) in [6, 6.07) is 6.15. The average molecular weight is 287 g/mol. The van der Waals surface area contributed by atoms with Crippen LogP contribution in [0.3, 0.4) is 0 Å². The van der Waals surface area contributed by atoms with Crippen molar-refractivity contribution in [1.82, 2.24) is 5.43 Å². The smallest absolute Gasteiger partial charge is 0.259 e. The highest BCUT2D eigenvalue weighted by Crippen LogP contribution is 2.16. The first kappa shape index (κ1) is 15.5. The zero-order valence-electron chi connectivity index (χ0n) is 13.0. The fourth-order valence-electron chi connectivity index (χ4n) is 2.62. The van der Waals surface area contributed by atoms with E-state index in [1.54, 1.807) is 0 Å². The Morgan fingerprint density at radius 1 is 1.14 bits per heavy atom.